The zero-order valence-electron chi connectivity index (χ0n) is 17.8. The number of rotatable bonds is 7. The molecule has 7 heteroatoms. The molecule has 0 saturated heterocycles. The highest BCUT2D eigenvalue weighted by Gasteiger charge is 2.12. The number of furan rings is 1. The molecule has 0 aliphatic heterocycles. The van der Waals surface area contributed by atoms with Crippen molar-refractivity contribution in [1.82, 2.24) is 15.1 Å². The smallest absolute Gasteiger partial charge is 0.271 e. The molecule has 1 amide bonds. The van der Waals surface area contributed by atoms with Crippen LogP contribution in [0.4, 0.5) is 0 Å². The molecule has 4 aromatic rings. The maximum Gasteiger partial charge on any atom is 0.271 e. The van der Waals surface area contributed by atoms with Gasteiger partial charge in [-0.25, -0.2) is 0 Å². The summed E-state index contributed by atoms with van der Waals surface area (Å²) in [5.74, 6) is 0.640. The Morgan fingerprint density at radius 3 is 2.50 bits per heavy atom. The highest BCUT2D eigenvalue weighted by atomic mass is 32.2. The number of aryl methyl sites for hydroxylation is 1. The van der Waals surface area contributed by atoms with Crippen LogP contribution in [0.1, 0.15) is 28.6 Å². The maximum absolute atomic E-state index is 12.6. The lowest BCUT2D eigenvalue weighted by molar-refractivity contribution is 0.0939. The van der Waals surface area contributed by atoms with Gasteiger partial charge in [0.25, 0.3) is 11.5 Å². The Morgan fingerprint density at radius 2 is 1.81 bits per heavy atom. The van der Waals surface area contributed by atoms with Gasteiger partial charge in [0.2, 0.25) is 0 Å². The molecule has 0 spiro atoms. The molecule has 0 aliphatic rings. The molecule has 0 saturated carbocycles. The summed E-state index contributed by atoms with van der Waals surface area (Å²) >= 11 is 1.49. The van der Waals surface area contributed by atoms with Gasteiger partial charge in [-0.3, -0.25) is 9.59 Å². The zero-order valence-corrected chi connectivity index (χ0v) is 18.6. The van der Waals surface area contributed by atoms with Gasteiger partial charge in [-0.15, -0.1) is 0 Å². The van der Waals surface area contributed by atoms with E-state index in [0.717, 1.165) is 10.7 Å². The summed E-state index contributed by atoms with van der Waals surface area (Å²) in [6.45, 7) is 3.96. The average Bonchev–Trinajstić information content (AvgIpc) is 3.29. The van der Waals surface area contributed by atoms with E-state index in [9.17, 15) is 9.59 Å². The van der Waals surface area contributed by atoms with Crippen molar-refractivity contribution >= 4 is 17.7 Å². The van der Waals surface area contributed by atoms with Crippen molar-refractivity contribution in [2.75, 3.05) is 0 Å². The third-order valence-corrected chi connectivity index (χ3v) is 5.79. The summed E-state index contributed by atoms with van der Waals surface area (Å²) in [5.41, 5.74) is 2.06. The number of nitrogens with zero attached hydrogens (tertiary/aromatic N) is 2. The molecule has 6 nitrogen and oxygen atoms in total. The molecule has 0 fully saturated rings. The molecule has 32 heavy (non-hydrogen) atoms. The van der Waals surface area contributed by atoms with Crippen LogP contribution >= 0.6 is 11.8 Å². The molecular weight excluding hydrogens is 422 g/mol. The largest absolute Gasteiger partial charge is 0.469 e. The summed E-state index contributed by atoms with van der Waals surface area (Å²) in [5, 5.41) is 8.15. The predicted molar refractivity (Wildman–Crippen MR) is 124 cm³/mol. The van der Waals surface area contributed by atoms with Crippen LogP contribution in [0.25, 0.3) is 5.69 Å². The van der Waals surface area contributed by atoms with E-state index in [1.165, 1.54) is 28.1 Å². The number of aromatic nitrogens is 2. The maximum atomic E-state index is 12.6. The lowest BCUT2D eigenvalue weighted by Gasteiger charge is -2.13. The number of nitrogens with one attached hydrogen (secondary N) is 1. The Balaban J connectivity index is 1.46. The van der Waals surface area contributed by atoms with Crippen LogP contribution in [0.2, 0.25) is 0 Å². The lowest BCUT2D eigenvalue weighted by atomic mass is 10.1. The first-order valence-corrected chi connectivity index (χ1v) is 11.1. The molecule has 0 radical (unpaired) electrons. The van der Waals surface area contributed by atoms with E-state index in [1.54, 1.807) is 36.6 Å². The Bertz CT molecular complexity index is 1250. The molecule has 0 unspecified atom stereocenters. The van der Waals surface area contributed by atoms with E-state index in [0.29, 0.717) is 22.7 Å². The van der Waals surface area contributed by atoms with Gasteiger partial charge >= 0.3 is 0 Å². The number of carbonyl (C=O) groups excluding carboxylic acids is 1. The van der Waals surface area contributed by atoms with Crippen molar-refractivity contribution in [1.29, 1.82) is 0 Å². The van der Waals surface area contributed by atoms with Gasteiger partial charge < -0.3 is 9.73 Å². The molecule has 0 aliphatic carbocycles. The Hall–Kier alpha value is -3.58. The van der Waals surface area contributed by atoms with Crippen molar-refractivity contribution in [2.24, 2.45) is 0 Å². The number of amides is 1. The fourth-order valence-corrected chi connectivity index (χ4v) is 3.98. The van der Waals surface area contributed by atoms with Crippen LogP contribution in [-0.2, 0) is 6.42 Å². The molecule has 4 rings (SSSR count). The summed E-state index contributed by atoms with van der Waals surface area (Å²) in [6, 6.07) is 21.8. The van der Waals surface area contributed by atoms with Gasteiger partial charge in [-0.1, -0.05) is 29.5 Å². The second-order valence-electron chi connectivity index (χ2n) is 7.54. The number of carbonyl (C=O) groups is 1. The van der Waals surface area contributed by atoms with E-state index in [2.05, 4.69) is 10.4 Å². The molecule has 2 heterocycles. The van der Waals surface area contributed by atoms with Gasteiger partial charge in [0.05, 0.1) is 12.0 Å². The molecule has 2 aromatic carbocycles. The first kappa shape index (κ1) is 21.6. The Morgan fingerprint density at radius 1 is 1.06 bits per heavy atom. The average molecular weight is 446 g/mol. The topological polar surface area (TPSA) is 77.1 Å². The van der Waals surface area contributed by atoms with Crippen LogP contribution in [0.15, 0.2) is 98.2 Å². The van der Waals surface area contributed by atoms with E-state index in [4.69, 9.17) is 4.42 Å². The highest BCUT2D eigenvalue weighted by molar-refractivity contribution is 7.99. The molecule has 1 N–H and O–H groups in total. The minimum atomic E-state index is -0.234. The van der Waals surface area contributed by atoms with Gasteiger partial charge in [-0.05, 0) is 68.4 Å². The fourth-order valence-electron chi connectivity index (χ4n) is 3.20. The summed E-state index contributed by atoms with van der Waals surface area (Å²) in [4.78, 5) is 26.0. The van der Waals surface area contributed by atoms with Crippen LogP contribution in [0, 0.1) is 6.92 Å². The summed E-state index contributed by atoms with van der Waals surface area (Å²) < 4.78 is 6.67. The summed E-state index contributed by atoms with van der Waals surface area (Å²) in [7, 11) is 0. The normalized spacial score (nSPS) is 11.8. The number of hydrogen-bond acceptors (Lipinski definition) is 5. The lowest BCUT2D eigenvalue weighted by Crippen LogP contribution is -2.34. The van der Waals surface area contributed by atoms with E-state index in [1.807, 2.05) is 50.2 Å². The van der Waals surface area contributed by atoms with E-state index in [-0.39, 0.29) is 17.5 Å². The van der Waals surface area contributed by atoms with Gasteiger partial charge in [-0.2, -0.15) is 9.78 Å². The molecule has 0 bridgehead atoms. The van der Waals surface area contributed by atoms with Crippen molar-refractivity contribution < 1.29 is 9.21 Å². The fraction of sp³-hybridized carbons (Fsp3) is 0.160. The molecule has 2 aromatic heterocycles. The minimum Gasteiger partial charge on any atom is -0.469 e. The van der Waals surface area contributed by atoms with E-state index < -0.39 is 0 Å². The first-order valence-electron chi connectivity index (χ1n) is 10.3. The van der Waals surface area contributed by atoms with Crippen molar-refractivity contribution in [2.45, 2.75) is 36.2 Å². The van der Waals surface area contributed by atoms with Gasteiger partial charge in [0.1, 0.15) is 10.8 Å². The van der Waals surface area contributed by atoms with Crippen LogP contribution in [-0.4, -0.2) is 21.7 Å². The van der Waals surface area contributed by atoms with Crippen molar-refractivity contribution in [3.8, 4) is 5.69 Å². The third-order valence-electron chi connectivity index (χ3n) is 4.86. The monoisotopic (exact) mass is 445 g/mol. The minimum absolute atomic E-state index is 0.0758. The first-order chi connectivity index (χ1) is 15.5. The Kier molecular flexibility index (Phi) is 6.56. The van der Waals surface area contributed by atoms with Crippen LogP contribution in [0.3, 0.4) is 0 Å². The SMILES string of the molecule is Cc1ccc(Sc2ccc(=O)n(-c3ccc(C(=O)N[C@H](C)Cc4ccco4)cc3)n2)cc1. The standard InChI is InChI=1S/C25H23N3O3S/c1-17-5-11-22(12-6-17)32-23-13-14-24(29)28(27-23)20-9-7-19(8-10-20)25(30)26-18(2)16-21-4-3-15-31-21/h3-15,18H,16H2,1-2H3,(H,26,30)/t18-/m1/s1. The molecule has 1 atom stereocenters. The molecular formula is C25H23N3O3S. The van der Waals surface area contributed by atoms with E-state index >= 15 is 0 Å². The Labute approximate surface area is 190 Å². The molecule has 162 valence electrons. The van der Waals surface area contributed by atoms with Crippen LogP contribution < -0.4 is 10.9 Å². The van der Waals surface area contributed by atoms with Gasteiger partial charge in [0, 0.05) is 29.0 Å². The highest BCUT2D eigenvalue weighted by Crippen LogP contribution is 2.25. The predicted octanol–water partition coefficient (Wildman–Crippen LogP) is 4.65. The number of benzene rings is 2. The zero-order chi connectivity index (χ0) is 22.5. The summed E-state index contributed by atoms with van der Waals surface area (Å²) in [6.07, 6.45) is 2.23. The van der Waals surface area contributed by atoms with Crippen LogP contribution in [0.5, 0.6) is 0 Å². The second-order valence-corrected chi connectivity index (χ2v) is 8.64. The third kappa shape index (κ3) is 5.36. The van der Waals surface area contributed by atoms with Crippen molar-refractivity contribution in [3.63, 3.8) is 0 Å². The quantitative estimate of drug-likeness (QED) is 0.448. The van der Waals surface area contributed by atoms with Gasteiger partial charge in [0.15, 0.2) is 0 Å². The second kappa shape index (κ2) is 9.70. The van der Waals surface area contributed by atoms with Crippen molar-refractivity contribution in [3.05, 3.63) is 106 Å². The number of hydrogen-bond donors (Lipinski definition) is 1.